The lowest BCUT2D eigenvalue weighted by molar-refractivity contribution is -0.405. The Hall–Kier alpha value is -0.160. The second-order valence-electron chi connectivity index (χ2n) is 7.68. The van der Waals surface area contributed by atoms with Gasteiger partial charge in [0.25, 0.3) is 0 Å². The van der Waals surface area contributed by atoms with Crippen LogP contribution in [0.1, 0.15) is 88.0 Å². The van der Waals surface area contributed by atoms with Gasteiger partial charge in [-0.1, -0.05) is 13.8 Å². The molecule has 0 saturated heterocycles. The molecule has 1 atom stereocenters. The molecule has 0 aromatic carbocycles. The SMILES string of the molecule is CCC(C)(C)OOC(C)CCC(C)(C)OOC(C)(C)CC. The molecule has 0 saturated carbocycles. The Kier molecular flexibility index (Phi) is 8.40. The van der Waals surface area contributed by atoms with Crippen LogP contribution in [0.15, 0.2) is 0 Å². The molecular formula is C17H36O4. The molecule has 21 heavy (non-hydrogen) atoms. The maximum Gasteiger partial charge on any atom is 0.0981 e. The zero-order valence-corrected chi connectivity index (χ0v) is 15.5. The van der Waals surface area contributed by atoms with Crippen molar-refractivity contribution < 1.29 is 19.6 Å². The summed E-state index contributed by atoms with van der Waals surface area (Å²) in [6, 6.07) is 0. The monoisotopic (exact) mass is 304 g/mol. The van der Waals surface area contributed by atoms with E-state index in [-0.39, 0.29) is 22.9 Å². The van der Waals surface area contributed by atoms with Crippen LogP contribution in [0.3, 0.4) is 0 Å². The number of hydrogen-bond acceptors (Lipinski definition) is 4. The minimum Gasteiger partial charge on any atom is -0.233 e. The second-order valence-corrected chi connectivity index (χ2v) is 7.68. The quantitative estimate of drug-likeness (QED) is 0.388. The van der Waals surface area contributed by atoms with E-state index in [0.29, 0.717) is 0 Å². The van der Waals surface area contributed by atoms with Crippen molar-refractivity contribution in [1.29, 1.82) is 0 Å². The highest BCUT2D eigenvalue weighted by Gasteiger charge is 2.26. The van der Waals surface area contributed by atoms with Gasteiger partial charge in [0.2, 0.25) is 0 Å². The third kappa shape index (κ3) is 10.2. The molecule has 1 unspecified atom stereocenters. The predicted octanol–water partition coefficient (Wildman–Crippen LogP) is 5.21. The maximum atomic E-state index is 5.61. The molecule has 128 valence electrons. The molecule has 4 heteroatoms. The molecule has 0 amide bonds. The maximum absolute atomic E-state index is 5.61. The molecule has 0 spiro atoms. The first-order valence-corrected chi connectivity index (χ1v) is 8.14. The Bertz CT molecular complexity index is 285. The lowest BCUT2D eigenvalue weighted by atomic mass is 10.0. The van der Waals surface area contributed by atoms with Gasteiger partial charge < -0.3 is 0 Å². The van der Waals surface area contributed by atoms with Gasteiger partial charge in [-0.2, -0.15) is 0 Å². The molecule has 0 aliphatic carbocycles. The fraction of sp³-hybridized carbons (Fsp3) is 1.00. The van der Waals surface area contributed by atoms with E-state index in [0.717, 1.165) is 25.7 Å². The summed E-state index contributed by atoms with van der Waals surface area (Å²) in [5.41, 5.74) is -0.841. The van der Waals surface area contributed by atoms with Crippen molar-refractivity contribution in [3.05, 3.63) is 0 Å². The van der Waals surface area contributed by atoms with Gasteiger partial charge in [0.05, 0.1) is 22.9 Å². The fourth-order valence-corrected chi connectivity index (χ4v) is 1.20. The van der Waals surface area contributed by atoms with Gasteiger partial charge >= 0.3 is 0 Å². The van der Waals surface area contributed by atoms with Gasteiger partial charge in [0.1, 0.15) is 0 Å². The molecule has 0 heterocycles. The lowest BCUT2D eigenvalue weighted by Gasteiger charge is -2.31. The van der Waals surface area contributed by atoms with Gasteiger partial charge in [0.15, 0.2) is 0 Å². The standard InChI is InChI=1S/C17H36O4/c1-10-15(4,5)19-18-14(3)12-13-17(8,9)21-20-16(6,7)11-2/h14H,10-13H2,1-9H3. The van der Waals surface area contributed by atoms with Gasteiger partial charge in [0, 0.05) is 0 Å². The topological polar surface area (TPSA) is 36.9 Å². The molecule has 0 N–H and O–H groups in total. The summed E-state index contributed by atoms with van der Waals surface area (Å²) in [7, 11) is 0. The second kappa shape index (κ2) is 8.47. The highest BCUT2D eigenvalue weighted by atomic mass is 17.2. The van der Waals surface area contributed by atoms with Gasteiger partial charge in [-0.15, -0.1) is 0 Å². The summed E-state index contributed by atoms with van der Waals surface area (Å²) in [4.78, 5) is 22.1. The van der Waals surface area contributed by atoms with Crippen LogP contribution >= 0.6 is 0 Å². The first-order chi connectivity index (χ1) is 9.43. The van der Waals surface area contributed by atoms with E-state index in [2.05, 4.69) is 13.8 Å². The lowest BCUT2D eigenvalue weighted by Crippen LogP contribution is -2.33. The Morgan fingerprint density at radius 2 is 1.14 bits per heavy atom. The van der Waals surface area contributed by atoms with Crippen LogP contribution in [0.25, 0.3) is 0 Å². The summed E-state index contributed by atoms with van der Waals surface area (Å²) < 4.78 is 0. The largest absolute Gasteiger partial charge is 0.233 e. The third-order valence-electron chi connectivity index (χ3n) is 3.79. The zero-order chi connectivity index (χ0) is 16.7. The highest BCUT2D eigenvalue weighted by Crippen LogP contribution is 2.24. The van der Waals surface area contributed by atoms with Crippen molar-refractivity contribution in [2.45, 2.75) is 111 Å². The Balaban J connectivity index is 4.07. The number of rotatable bonds is 11. The third-order valence-corrected chi connectivity index (χ3v) is 3.79. The van der Waals surface area contributed by atoms with E-state index in [1.165, 1.54) is 0 Å². The van der Waals surface area contributed by atoms with Gasteiger partial charge in [-0.05, 0) is 74.1 Å². The molecule has 0 fully saturated rings. The minimum atomic E-state index is -0.343. The molecule has 0 aliphatic rings. The van der Waals surface area contributed by atoms with Gasteiger partial charge in [-0.25, -0.2) is 19.6 Å². The van der Waals surface area contributed by atoms with Crippen molar-refractivity contribution in [1.82, 2.24) is 0 Å². The van der Waals surface area contributed by atoms with Crippen LogP contribution < -0.4 is 0 Å². The fourth-order valence-electron chi connectivity index (χ4n) is 1.20. The van der Waals surface area contributed by atoms with Crippen molar-refractivity contribution in [2.75, 3.05) is 0 Å². The van der Waals surface area contributed by atoms with Crippen molar-refractivity contribution in [2.24, 2.45) is 0 Å². The molecular weight excluding hydrogens is 268 g/mol. The smallest absolute Gasteiger partial charge is 0.0981 e. The molecule has 0 aliphatic heterocycles. The van der Waals surface area contributed by atoms with Crippen LogP contribution in [0.2, 0.25) is 0 Å². The summed E-state index contributed by atoms with van der Waals surface area (Å²) in [6.07, 6.45) is 3.53. The van der Waals surface area contributed by atoms with Crippen LogP contribution in [-0.2, 0) is 19.6 Å². The van der Waals surface area contributed by atoms with Crippen molar-refractivity contribution in [3.8, 4) is 0 Å². The van der Waals surface area contributed by atoms with E-state index in [1.807, 2.05) is 48.5 Å². The zero-order valence-electron chi connectivity index (χ0n) is 15.5. The minimum absolute atomic E-state index is 0.0258. The highest BCUT2D eigenvalue weighted by molar-refractivity contribution is 4.70. The summed E-state index contributed by atoms with van der Waals surface area (Å²) in [5.74, 6) is 0. The molecule has 0 aromatic heterocycles. The van der Waals surface area contributed by atoms with Crippen LogP contribution in [-0.4, -0.2) is 22.9 Å². The first-order valence-electron chi connectivity index (χ1n) is 8.14. The summed E-state index contributed by atoms with van der Waals surface area (Å²) in [6.45, 7) is 18.3. The van der Waals surface area contributed by atoms with Crippen LogP contribution in [0.5, 0.6) is 0 Å². The van der Waals surface area contributed by atoms with Crippen LogP contribution in [0.4, 0.5) is 0 Å². The van der Waals surface area contributed by atoms with E-state index < -0.39 is 0 Å². The van der Waals surface area contributed by atoms with Crippen molar-refractivity contribution in [3.63, 3.8) is 0 Å². The van der Waals surface area contributed by atoms with Crippen LogP contribution in [0, 0.1) is 0 Å². The molecule has 0 aromatic rings. The average molecular weight is 304 g/mol. The average Bonchev–Trinajstić information content (AvgIpc) is 2.41. The molecule has 4 nitrogen and oxygen atoms in total. The summed E-state index contributed by atoms with van der Waals surface area (Å²) in [5, 5.41) is 0. The van der Waals surface area contributed by atoms with E-state index in [4.69, 9.17) is 19.6 Å². The summed E-state index contributed by atoms with van der Waals surface area (Å²) >= 11 is 0. The Morgan fingerprint density at radius 3 is 1.62 bits per heavy atom. The van der Waals surface area contributed by atoms with E-state index in [1.54, 1.807) is 0 Å². The predicted molar refractivity (Wildman–Crippen MR) is 85.9 cm³/mol. The normalized spacial score (nSPS) is 15.3. The number of hydrogen-bond donors (Lipinski definition) is 0. The molecule has 0 radical (unpaired) electrons. The molecule has 0 rings (SSSR count). The van der Waals surface area contributed by atoms with Gasteiger partial charge in [-0.3, -0.25) is 0 Å². The first kappa shape index (κ1) is 20.8. The van der Waals surface area contributed by atoms with E-state index >= 15 is 0 Å². The van der Waals surface area contributed by atoms with Crippen molar-refractivity contribution >= 4 is 0 Å². The Labute approximate surface area is 131 Å². The van der Waals surface area contributed by atoms with E-state index in [9.17, 15) is 0 Å². The Morgan fingerprint density at radius 1 is 0.714 bits per heavy atom. The molecule has 0 bridgehead atoms.